The lowest BCUT2D eigenvalue weighted by atomic mass is 10.2. The first kappa shape index (κ1) is 15.8. The molecule has 6 heteroatoms. The largest absolute Gasteiger partial charge is 0.492 e. The number of hydrogen-bond donors (Lipinski definition) is 0. The normalized spacial score (nSPS) is 11.5. The number of hydrogen-bond acceptors (Lipinski definition) is 3. The molecule has 0 unspecified atom stereocenters. The molecular formula is C12H16BrClO3S. The zero-order valence-corrected chi connectivity index (χ0v) is 13.3. The van der Waals surface area contributed by atoms with Crippen LogP contribution in [0.3, 0.4) is 0 Å². The van der Waals surface area contributed by atoms with E-state index in [0.717, 1.165) is 5.56 Å². The van der Waals surface area contributed by atoms with Crippen LogP contribution in [-0.2, 0) is 15.2 Å². The molecule has 18 heavy (non-hydrogen) atoms. The van der Waals surface area contributed by atoms with E-state index in [1.54, 1.807) is 18.2 Å². The van der Waals surface area contributed by atoms with Gasteiger partial charge in [0.05, 0.1) is 11.5 Å². The number of ether oxygens (including phenoxy) is 1. The third-order valence-corrected chi connectivity index (χ3v) is 4.99. The highest BCUT2D eigenvalue weighted by Gasteiger charge is 2.10. The summed E-state index contributed by atoms with van der Waals surface area (Å²) in [4.78, 5) is 0. The molecule has 0 aromatic heterocycles. The van der Waals surface area contributed by atoms with E-state index in [0.29, 0.717) is 22.5 Å². The fourth-order valence-electron chi connectivity index (χ4n) is 1.48. The van der Waals surface area contributed by atoms with Gasteiger partial charge in [0.25, 0.3) is 0 Å². The zero-order valence-electron chi connectivity index (χ0n) is 10.2. The molecular weight excluding hydrogens is 340 g/mol. The Balaban J connectivity index is 2.59. The molecule has 0 saturated heterocycles. The lowest BCUT2D eigenvalue weighted by Gasteiger charge is -2.10. The smallest absolute Gasteiger partial charge is 0.153 e. The van der Waals surface area contributed by atoms with Gasteiger partial charge in [0, 0.05) is 15.9 Å². The van der Waals surface area contributed by atoms with Gasteiger partial charge in [-0.2, -0.15) is 0 Å². The average molecular weight is 356 g/mol. The van der Waals surface area contributed by atoms with Crippen LogP contribution in [0, 0.1) is 0 Å². The van der Waals surface area contributed by atoms with Crippen LogP contribution in [0.1, 0.15) is 18.9 Å². The summed E-state index contributed by atoms with van der Waals surface area (Å²) in [5.41, 5.74) is 0.912. The number of rotatable bonds is 7. The maximum absolute atomic E-state index is 11.5. The molecule has 0 aliphatic rings. The molecule has 0 aliphatic heterocycles. The lowest BCUT2D eigenvalue weighted by molar-refractivity contribution is 0.338. The van der Waals surface area contributed by atoms with Crippen LogP contribution in [0.4, 0.5) is 0 Å². The van der Waals surface area contributed by atoms with Gasteiger partial charge in [-0.1, -0.05) is 34.5 Å². The molecule has 1 aromatic carbocycles. The molecule has 1 aromatic rings. The van der Waals surface area contributed by atoms with Crippen LogP contribution >= 0.6 is 27.5 Å². The van der Waals surface area contributed by atoms with E-state index in [1.165, 1.54) is 0 Å². The van der Waals surface area contributed by atoms with E-state index < -0.39 is 9.84 Å². The Morgan fingerprint density at radius 2 is 2.06 bits per heavy atom. The van der Waals surface area contributed by atoms with Crippen molar-refractivity contribution in [1.82, 2.24) is 0 Å². The molecule has 0 aliphatic carbocycles. The Labute approximate surface area is 122 Å². The second-order valence-corrected chi connectivity index (χ2v) is 7.19. The molecule has 0 heterocycles. The van der Waals surface area contributed by atoms with Gasteiger partial charge in [0.1, 0.15) is 12.4 Å². The summed E-state index contributed by atoms with van der Waals surface area (Å²) in [6, 6.07) is 5.28. The lowest BCUT2D eigenvalue weighted by Crippen LogP contribution is -2.17. The van der Waals surface area contributed by atoms with Gasteiger partial charge < -0.3 is 4.74 Å². The number of alkyl halides is 1. The predicted octanol–water partition coefficient (Wildman–Crippen LogP) is 3.44. The van der Waals surface area contributed by atoms with E-state index in [2.05, 4.69) is 15.9 Å². The van der Waals surface area contributed by atoms with E-state index in [4.69, 9.17) is 16.3 Å². The molecule has 0 N–H and O–H groups in total. The van der Waals surface area contributed by atoms with Gasteiger partial charge >= 0.3 is 0 Å². The van der Waals surface area contributed by atoms with Gasteiger partial charge in [-0.05, 0) is 24.6 Å². The number of sulfone groups is 1. The monoisotopic (exact) mass is 354 g/mol. The van der Waals surface area contributed by atoms with Crippen molar-refractivity contribution >= 4 is 37.4 Å². The van der Waals surface area contributed by atoms with Crippen LogP contribution in [0.25, 0.3) is 0 Å². The average Bonchev–Trinajstić information content (AvgIpc) is 2.30. The molecule has 0 atom stereocenters. The van der Waals surface area contributed by atoms with E-state index >= 15 is 0 Å². The Bertz CT molecular complexity index is 488. The van der Waals surface area contributed by atoms with Crippen molar-refractivity contribution in [2.45, 2.75) is 18.7 Å². The first-order valence-electron chi connectivity index (χ1n) is 5.66. The minimum Gasteiger partial charge on any atom is -0.492 e. The molecule has 3 nitrogen and oxygen atoms in total. The third-order valence-electron chi connectivity index (χ3n) is 2.33. The predicted molar refractivity (Wildman–Crippen MR) is 78.5 cm³/mol. The summed E-state index contributed by atoms with van der Waals surface area (Å²) in [6.45, 7) is 2.02. The van der Waals surface area contributed by atoms with Gasteiger partial charge in [0.2, 0.25) is 0 Å². The van der Waals surface area contributed by atoms with Gasteiger partial charge in [0.15, 0.2) is 9.84 Å². The molecule has 102 valence electrons. The molecule has 0 radical (unpaired) electrons. The van der Waals surface area contributed by atoms with Crippen LogP contribution < -0.4 is 4.74 Å². The van der Waals surface area contributed by atoms with Crippen molar-refractivity contribution in [1.29, 1.82) is 0 Å². The SMILES string of the molecule is CCCS(=O)(=O)CCOc1ccc(Cl)cc1CBr. The highest BCUT2D eigenvalue weighted by Crippen LogP contribution is 2.24. The molecule has 0 amide bonds. The standard InChI is InChI=1S/C12H16BrClO3S/c1-2-6-18(15,16)7-5-17-12-4-3-11(14)8-10(12)9-13/h3-4,8H,2,5-7,9H2,1H3. The van der Waals surface area contributed by atoms with Crippen LogP contribution in [0.15, 0.2) is 18.2 Å². The van der Waals surface area contributed by atoms with Crippen LogP contribution in [0.5, 0.6) is 5.75 Å². The molecule has 1 rings (SSSR count). The summed E-state index contributed by atoms with van der Waals surface area (Å²) in [5.74, 6) is 0.927. The summed E-state index contributed by atoms with van der Waals surface area (Å²) < 4.78 is 28.5. The number of benzene rings is 1. The topological polar surface area (TPSA) is 43.4 Å². The minimum absolute atomic E-state index is 0.0468. The zero-order chi connectivity index (χ0) is 13.6. The molecule has 0 bridgehead atoms. The van der Waals surface area contributed by atoms with Crippen LogP contribution in [-0.4, -0.2) is 26.5 Å². The first-order chi connectivity index (χ1) is 8.48. The Hall–Kier alpha value is -0.260. The highest BCUT2D eigenvalue weighted by molar-refractivity contribution is 9.08. The fraction of sp³-hybridized carbons (Fsp3) is 0.500. The first-order valence-corrected chi connectivity index (χ1v) is 8.98. The van der Waals surface area contributed by atoms with Crippen molar-refractivity contribution in [3.8, 4) is 5.75 Å². The van der Waals surface area contributed by atoms with Crippen molar-refractivity contribution in [3.63, 3.8) is 0 Å². The molecule has 0 spiro atoms. The van der Waals surface area contributed by atoms with Gasteiger partial charge in [-0.15, -0.1) is 0 Å². The summed E-state index contributed by atoms with van der Waals surface area (Å²) in [5, 5.41) is 1.25. The second-order valence-electron chi connectivity index (χ2n) is 3.89. The summed E-state index contributed by atoms with van der Waals surface area (Å²) in [7, 11) is -2.99. The summed E-state index contributed by atoms with van der Waals surface area (Å²) >= 11 is 9.21. The second kappa shape index (κ2) is 7.36. The van der Waals surface area contributed by atoms with Crippen molar-refractivity contribution in [2.75, 3.05) is 18.1 Å². The maximum Gasteiger partial charge on any atom is 0.153 e. The van der Waals surface area contributed by atoms with Crippen molar-refractivity contribution in [3.05, 3.63) is 28.8 Å². The number of halogens is 2. The minimum atomic E-state index is -2.99. The maximum atomic E-state index is 11.5. The third kappa shape index (κ3) is 5.16. The Kier molecular flexibility index (Phi) is 6.46. The fourth-order valence-corrected chi connectivity index (χ4v) is 3.28. The van der Waals surface area contributed by atoms with E-state index in [9.17, 15) is 8.42 Å². The van der Waals surface area contributed by atoms with Crippen molar-refractivity contribution in [2.24, 2.45) is 0 Å². The highest BCUT2D eigenvalue weighted by atomic mass is 79.9. The Morgan fingerprint density at radius 3 is 2.67 bits per heavy atom. The van der Waals surface area contributed by atoms with E-state index in [-0.39, 0.29) is 18.1 Å². The van der Waals surface area contributed by atoms with Gasteiger partial charge in [-0.25, -0.2) is 8.42 Å². The molecule has 0 saturated carbocycles. The van der Waals surface area contributed by atoms with Gasteiger partial charge in [-0.3, -0.25) is 0 Å². The quantitative estimate of drug-likeness (QED) is 0.704. The van der Waals surface area contributed by atoms with Crippen LogP contribution in [0.2, 0.25) is 5.02 Å². The molecule has 0 fully saturated rings. The van der Waals surface area contributed by atoms with E-state index in [1.807, 2.05) is 6.92 Å². The summed E-state index contributed by atoms with van der Waals surface area (Å²) in [6.07, 6.45) is 0.635. The Morgan fingerprint density at radius 1 is 1.33 bits per heavy atom. The van der Waals surface area contributed by atoms with Crippen molar-refractivity contribution < 1.29 is 13.2 Å².